The van der Waals surface area contributed by atoms with E-state index in [4.69, 9.17) is 9.47 Å². The van der Waals surface area contributed by atoms with Gasteiger partial charge in [-0.3, -0.25) is 9.59 Å². The molecule has 1 aliphatic rings. The molecule has 5 nitrogen and oxygen atoms in total. The minimum Gasteiger partial charge on any atom is -0.486 e. The van der Waals surface area contributed by atoms with E-state index >= 15 is 0 Å². The summed E-state index contributed by atoms with van der Waals surface area (Å²) in [6.07, 6.45) is 0. The molecule has 102 valence electrons. The maximum atomic E-state index is 12.0. The Balaban J connectivity index is 2.09. The molecule has 0 aromatic heterocycles. The number of fused-ring (bicyclic) bond motifs is 1. The van der Waals surface area contributed by atoms with Crippen molar-refractivity contribution in [1.82, 2.24) is 5.32 Å². The summed E-state index contributed by atoms with van der Waals surface area (Å²) in [4.78, 5) is 23.5. The van der Waals surface area contributed by atoms with Gasteiger partial charge in [-0.1, -0.05) is 19.9 Å². The predicted molar refractivity (Wildman–Crippen MR) is 69.6 cm³/mol. The van der Waals surface area contributed by atoms with Crippen LogP contribution in [-0.4, -0.2) is 31.4 Å². The predicted octanol–water partition coefficient (Wildman–Crippen LogP) is 1.41. The maximum Gasteiger partial charge on any atom is 0.255 e. The zero-order valence-corrected chi connectivity index (χ0v) is 11.1. The number of carbonyl (C=O) groups excluding carboxylic acids is 2. The Morgan fingerprint density at radius 1 is 1.26 bits per heavy atom. The van der Waals surface area contributed by atoms with Crippen LogP contribution < -0.4 is 14.8 Å². The lowest BCUT2D eigenvalue weighted by Gasteiger charge is -2.20. The number of ketones is 1. The van der Waals surface area contributed by atoms with E-state index < -0.39 is 0 Å². The van der Waals surface area contributed by atoms with Crippen LogP contribution in [0.1, 0.15) is 24.2 Å². The van der Waals surface area contributed by atoms with Gasteiger partial charge >= 0.3 is 0 Å². The summed E-state index contributed by atoms with van der Waals surface area (Å²) in [5, 5.41) is 2.61. The molecule has 1 N–H and O–H groups in total. The van der Waals surface area contributed by atoms with Gasteiger partial charge in [0.1, 0.15) is 13.2 Å². The van der Waals surface area contributed by atoms with Crippen LogP contribution in [0.15, 0.2) is 18.2 Å². The molecule has 1 aliphatic heterocycles. The van der Waals surface area contributed by atoms with E-state index in [-0.39, 0.29) is 24.2 Å². The van der Waals surface area contributed by atoms with Crippen molar-refractivity contribution in [1.29, 1.82) is 0 Å². The average Bonchev–Trinajstić information content (AvgIpc) is 2.43. The van der Waals surface area contributed by atoms with Gasteiger partial charge in [-0.2, -0.15) is 0 Å². The van der Waals surface area contributed by atoms with Crippen LogP contribution in [0.3, 0.4) is 0 Å². The molecule has 1 amide bonds. The summed E-state index contributed by atoms with van der Waals surface area (Å²) in [6, 6.07) is 5.14. The molecule has 0 saturated heterocycles. The van der Waals surface area contributed by atoms with Crippen LogP contribution in [0, 0.1) is 5.92 Å². The van der Waals surface area contributed by atoms with E-state index in [1.807, 2.05) is 0 Å². The highest BCUT2D eigenvalue weighted by molar-refractivity contribution is 5.99. The van der Waals surface area contributed by atoms with Gasteiger partial charge in [-0.25, -0.2) is 0 Å². The number of hydrogen-bond acceptors (Lipinski definition) is 4. The Hall–Kier alpha value is -2.04. The monoisotopic (exact) mass is 263 g/mol. The summed E-state index contributed by atoms with van der Waals surface area (Å²) in [5.74, 6) is 0.591. The number of nitrogens with one attached hydrogen (secondary N) is 1. The fourth-order valence-corrected chi connectivity index (χ4v) is 1.72. The first-order valence-electron chi connectivity index (χ1n) is 6.29. The fraction of sp³-hybridized carbons (Fsp3) is 0.429. The minimum absolute atomic E-state index is 0.00434. The molecule has 1 aromatic carbocycles. The van der Waals surface area contributed by atoms with Crippen molar-refractivity contribution in [2.24, 2.45) is 5.92 Å². The van der Waals surface area contributed by atoms with E-state index in [0.29, 0.717) is 30.3 Å². The molecule has 1 heterocycles. The standard InChI is InChI=1S/C14H17NO4/c1-9(2)11(16)8-15-14(17)10-4-3-5-12-13(10)19-7-6-18-12/h3-5,9H,6-8H2,1-2H3,(H,15,17). The van der Waals surface area contributed by atoms with E-state index in [1.165, 1.54) is 0 Å². The van der Waals surface area contributed by atoms with Gasteiger partial charge < -0.3 is 14.8 Å². The van der Waals surface area contributed by atoms with Crippen LogP contribution >= 0.6 is 0 Å². The van der Waals surface area contributed by atoms with Crippen LogP contribution in [-0.2, 0) is 4.79 Å². The Morgan fingerprint density at radius 3 is 2.74 bits per heavy atom. The van der Waals surface area contributed by atoms with Crippen molar-refractivity contribution in [3.8, 4) is 11.5 Å². The third-order valence-corrected chi connectivity index (χ3v) is 2.88. The quantitative estimate of drug-likeness (QED) is 0.892. The summed E-state index contributed by atoms with van der Waals surface area (Å²) in [5.41, 5.74) is 0.397. The van der Waals surface area contributed by atoms with Crippen LogP contribution in [0.2, 0.25) is 0 Å². The number of benzene rings is 1. The van der Waals surface area contributed by atoms with E-state index in [0.717, 1.165) is 0 Å². The van der Waals surface area contributed by atoms with Crippen LogP contribution in [0.4, 0.5) is 0 Å². The largest absolute Gasteiger partial charge is 0.486 e. The Bertz CT molecular complexity index is 496. The average molecular weight is 263 g/mol. The molecule has 0 unspecified atom stereocenters. The SMILES string of the molecule is CC(C)C(=O)CNC(=O)c1cccc2c1OCCO2. The number of amides is 1. The van der Waals surface area contributed by atoms with E-state index in [1.54, 1.807) is 32.0 Å². The lowest BCUT2D eigenvalue weighted by molar-refractivity contribution is -0.120. The van der Waals surface area contributed by atoms with Gasteiger partial charge in [0.2, 0.25) is 0 Å². The first-order chi connectivity index (χ1) is 9.09. The fourth-order valence-electron chi connectivity index (χ4n) is 1.72. The molecule has 5 heteroatoms. The molecular weight excluding hydrogens is 246 g/mol. The minimum atomic E-state index is -0.323. The Labute approximate surface area is 111 Å². The molecular formula is C14H17NO4. The normalized spacial score (nSPS) is 13.2. The van der Waals surface area contributed by atoms with Gasteiger partial charge in [0.05, 0.1) is 12.1 Å². The second-order valence-corrected chi connectivity index (χ2v) is 4.63. The number of ether oxygens (including phenoxy) is 2. The van der Waals surface area contributed by atoms with Crippen LogP contribution in [0.25, 0.3) is 0 Å². The smallest absolute Gasteiger partial charge is 0.255 e. The Morgan fingerprint density at radius 2 is 2.00 bits per heavy atom. The molecule has 0 spiro atoms. The third kappa shape index (κ3) is 3.05. The van der Waals surface area contributed by atoms with E-state index in [9.17, 15) is 9.59 Å². The molecule has 0 fully saturated rings. The lowest BCUT2D eigenvalue weighted by Crippen LogP contribution is -2.32. The van der Waals surface area contributed by atoms with Crippen molar-refractivity contribution in [3.05, 3.63) is 23.8 Å². The summed E-state index contributed by atoms with van der Waals surface area (Å²) in [6.45, 7) is 4.53. The topological polar surface area (TPSA) is 64.6 Å². The molecule has 2 rings (SSSR count). The highest BCUT2D eigenvalue weighted by atomic mass is 16.6. The number of para-hydroxylation sites is 1. The van der Waals surface area contributed by atoms with Gasteiger partial charge in [-0.15, -0.1) is 0 Å². The lowest BCUT2D eigenvalue weighted by atomic mass is 10.1. The van der Waals surface area contributed by atoms with Crippen molar-refractivity contribution in [3.63, 3.8) is 0 Å². The molecule has 0 bridgehead atoms. The van der Waals surface area contributed by atoms with Crippen LogP contribution in [0.5, 0.6) is 11.5 Å². The molecule has 0 atom stereocenters. The number of rotatable bonds is 4. The van der Waals surface area contributed by atoms with E-state index in [2.05, 4.69) is 5.32 Å². The number of hydrogen-bond donors (Lipinski definition) is 1. The molecule has 1 aromatic rings. The van der Waals surface area contributed by atoms with Crippen molar-refractivity contribution < 1.29 is 19.1 Å². The van der Waals surface area contributed by atoms with Crippen molar-refractivity contribution in [2.45, 2.75) is 13.8 Å². The zero-order chi connectivity index (χ0) is 13.8. The zero-order valence-electron chi connectivity index (χ0n) is 11.1. The maximum absolute atomic E-state index is 12.0. The van der Waals surface area contributed by atoms with Gasteiger partial charge in [-0.05, 0) is 12.1 Å². The third-order valence-electron chi connectivity index (χ3n) is 2.88. The highest BCUT2D eigenvalue weighted by Crippen LogP contribution is 2.33. The van der Waals surface area contributed by atoms with Gasteiger partial charge in [0, 0.05) is 5.92 Å². The first-order valence-corrected chi connectivity index (χ1v) is 6.29. The first kappa shape index (κ1) is 13.4. The molecule has 0 aliphatic carbocycles. The highest BCUT2D eigenvalue weighted by Gasteiger charge is 2.20. The van der Waals surface area contributed by atoms with Crippen molar-refractivity contribution >= 4 is 11.7 Å². The number of Topliss-reactive ketones (excluding diaryl/α,β-unsaturated/α-hetero) is 1. The summed E-state index contributed by atoms with van der Waals surface area (Å²) < 4.78 is 10.9. The molecule has 19 heavy (non-hydrogen) atoms. The second-order valence-electron chi connectivity index (χ2n) is 4.63. The second kappa shape index (κ2) is 5.73. The van der Waals surface area contributed by atoms with Gasteiger partial charge in [0.15, 0.2) is 17.3 Å². The number of carbonyl (C=O) groups is 2. The van der Waals surface area contributed by atoms with Gasteiger partial charge in [0.25, 0.3) is 5.91 Å². The Kier molecular flexibility index (Phi) is 4.04. The summed E-state index contributed by atoms with van der Waals surface area (Å²) in [7, 11) is 0. The van der Waals surface area contributed by atoms with Crippen molar-refractivity contribution in [2.75, 3.05) is 19.8 Å². The molecule has 0 radical (unpaired) electrons. The summed E-state index contributed by atoms with van der Waals surface area (Å²) >= 11 is 0. The molecule has 0 saturated carbocycles.